The van der Waals surface area contributed by atoms with Crippen LogP contribution in [-0.4, -0.2) is 16.7 Å². The minimum absolute atomic E-state index is 0.00109. The summed E-state index contributed by atoms with van der Waals surface area (Å²) in [6.07, 6.45) is 0.0883. The number of amides is 1. The van der Waals surface area contributed by atoms with E-state index >= 15 is 0 Å². The molecule has 2 aromatic carbocycles. The van der Waals surface area contributed by atoms with Crippen LogP contribution in [0.1, 0.15) is 36.3 Å². The maximum absolute atomic E-state index is 13.1. The van der Waals surface area contributed by atoms with Crippen molar-refractivity contribution in [2.75, 3.05) is 5.88 Å². The molecule has 0 radical (unpaired) electrons. The van der Waals surface area contributed by atoms with Gasteiger partial charge in [-0.1, -0.05) is 60.2 Å². The highest BCUT2D eigenvalue weighted by atomic mass is 35.5. The van der Waals surface area contributed by atoms with Crippen LogP contribution in [0.3, 0.4) is 0 Å². The van der Waals surface area contributed by atoms with Crippen molar-refractivity contribution in [3.63, 3.8) is 0 Å². The molecule has 2 aromatic rings. The van der Waals surface area contributed by atoms with Crippen LogP contribution in [-0.2, 0) is 16.1 Å². The summed E-state index contributed by atoms with van der Waals surface area (Å²) in [5.74, 6) is 1.07. The number of hydrogen-bond donors (Lipinski definition) is 0. The van der Waals surface area contributed by atoms with E-state index in [1.54, 1.807) is 4.90 Å². The normalized spacial score (nSPS) is 17.6. The minimum Gasteiger partial charge on any atom is -0.470 e. The van der Waals surface area contributed by atoms with E-state index in [1.165, 1.54) is 5.56 Å². The van der Waals surface area contributed by atoms with Gasteiger partial charge in [-0.25, -0.2) is 0 Å². The molecule has 1 aliphatic heterocycles. The summed E-state index contributed by atoms with van der Waals surface area (Å²) in [4.78, 5) is 14.9. The fraction of sp³-hybridized carbons (Fsp3) is 0.286. The predicted octanol–water partition coefficient (Wildman–Crippen LogP) is 4.96. The van der Waals surface area contributed by atoms with E-state index in [0.29, 0.717) is 30.2 Å². The average Bonchev–Trinajstić information content (AvgIpc) is 2.62. The first-order valence-corrected chi connectivity index (χ1v) is 8.97. The molecule has 1 unspecified atom stereocenters. The molecule has 0 aliphatic carbocycles. The smallest absolute Gasteiger partial charge is 0.256 e. The highest BCUT2D eigenvalue weighted by Gasteiger charge is 2.34. The Bertz CT molecular complexity index is 768. The number of benzene rings is 2. The zero-order valence-electron chi connectivity index (χ0n) is 14.5. The van der Waals surface area contributed by atoms with Crippen molar-refractivity contribution in [2.24, 2.45) is 0 Å². The molecule has 0 saturated carbocycles. The topological polar surface area (TPSA) is 29.5 Å². The number of aryl methyl sites for hydroxylation is 1. The van der Waals surface area contributed by atoms with Crippen molar-refractivity contribution in [1.82, 2.24) is 4.90 Å². The van der Waals surface area contributed by atoms with E-state index in [9.17, 15) is 4.79 Å². The lowest BCUT2D eigenvalue weighted by Crippen LogP contribution is -2.40. The van der Waals surface area contributed by atoms with E-state index in [1.807, 2.05) is 68.4 Å². The second-order valence-electron chi connectivity index (χ2n) is 6.27. The Kier molecular flexibility index (Phi) is 5.44. The first-order chi connectivity index (χ1) is 12.1. The molecule has 4 heteroatoms. The van der Waals surface area contributed by atoms with Crippen molar-refractivity contribution >= 4 is 17.5 Å². The zero-order valence-corrected chi connectivity index (χ0v) is 15.3. The highest BCUT2D eigenvalue weighted by molar-refractivity contribution is 6.18. The summed E-state index contributed by atoms with van der Waals surface area (Å²) in [5.41, 5.74) is 3.88. The van der Waals surface area contributed by atoms with Crippen LogP contribution in [0.2, 0.25) is 0 Å². The lowest BCUT2D eigenvalue weighted by molar-refractivity contribution is -0.146. The third kappa shape index (κ3) is 3.88. The highest BCUT2D eigenvalue weighted by Crippen LogP contribution is 2.34. The number of allylic oxidation sites excluding steroid dienone is 1. The summed E-state index contributed by atoms with van der Waals surface area (Å²) in [6, 6.07) is 18.1. The first kappa shape index (κ1) is 17.6. The van der Waals surface area contributed by atoms with E-state index in [-0.39, 0.29) is 5.91 Å². The summed E-state index contributed by atoms with van der Waals surface area (Å²) in [7, 11) is 0. The molecule has 0 saturated heterocycles. The number of carbonyl (C=O) groups is 1. The van der Waals surface area contributed by atoms with Crippen molar-refractivity contribution < 1.29 is 9.53 Å². The van der Waals surface area contributed by atoms with Crippen molar-refractivity contribution in [1.29, 1.82) is 0 Å². The number of halogens is 1. The van der Waals surface area contributed by atoms with Gasteiger partial charge in [-0.2, -0.15) is 0 Å². The third-order valence-electron chi connectivity index (χ3n) is 4.42. The molecule has 0 N–H and O–H groups in total. The Morgan fingerprint density at radius 1 is 1.04 bits per heavy atom. The molecule has 1 amide bonds. The molecule has 0 spiro atoms. The number of alkyl halides is 1. The van der Waals surface area contributed by atoms with Gasteiger partial charge in [0.15, 0.2) is 0 Å². The van der Waals surface area contributed by atoms with Gasteiger partial charge in [-0.15, -0.1) is 11.6 Å². The standard InChI is InChI=1S/C21H22ClNO2/c1-15-8-10-18(11-9-15)21-23(14-17-6-4-3-5-7-17)20(24)19(12-13-22)16(2)25-21/h3-11,21H,12-14H2,1-2H3. The van der Waals surface area contributed by atoms with Crippen LogP contribution in [0, 0.1) is 6.92 Å². The van der Waals surface area contributed by atoms with Gasteiger partial charge < -0.3 is 4.74 Å². The van der Waals surface area contributed by atoms with Crippen molar-refractivity contribution in [2.45, 2.75) is 33.0 Å². The van der Waals surface area contributed by atoms with E-state index in [2.05, 4.69) is 0 Å². The number of ether oxygens (including phenoxy) is 1. The maximum Gasteiger partial charge on any atom is 0.256 e. The van der Waals surface area contributed by atoms with Crippen LogP contribution in [0.15, 0.2) is 65.9 Å². The van der Waals surface area contributed by atoms with Gasteiger partial charge in [0.2, 0.25) is 6.23 Å². The van der Waals surface area contributed by atoms with Gasteiger partial charge in [0.05, 0.1) is 5.57 Å². The summed E-state index contributed by atoms with van der Waals surface area (Å²) in [5, 5.41) is 0. The number of rotatable bonds is 5. The Hall–Kier alpha value is -2.26. The van der Waals surface area contributed by atoms with Crippen molar-refractivity contribution in [3.05, 3.63) is 82.6 Å². The lowest BCUT2D eigenvalue weighted by atomic mass is 10.0. The second-order valence-corrected chi connectivity index (χ2v) is 6.65. The zero-order chi connectivity index (χ0) is 17.8. The molecule has 25 heavy (non-hydrogen) atoms. The largest absolute Gasteiger partial charge is 0.470 e. The fourth-order valence-electron chi connectivity index (χ4n) is 3.02. The molecular weight excluding hydrogens is 334 g/mol. The summed E-state index contributed by atoms with van der Waals surface area (Å²) < 4.78 is 6.16. The Morgan fingerprint density at radius 3 is 2.36 bits per heavy atom. The van der Waals surface area contributed by atoms with Crippen LogP contribution in [0.4, 0.5) is 0 Å². The monoisotopic (exact) mass is 355 g/mol. The molecule has 3 rings (SSSR count). The van der Waals surface area contributed by atoms with Crippen molar-refractivity contribution in [3.8, 4) is 0 Å². The molecular formula is C21H22ClNO2. The Morgan fingerprint density at radius 2 is 1.72 bits per heavy atom. The quantitative estimate of drug-likeness (QED) is 0.710. The molecule has 0 aromatic heterocycles. The van der Waals surface area contributed by atoms with Crippen LogP contribution in [0.25, 0.3) is 0 Å². The molecule has 1 atom stereocenters. The number of hydrogen-bond acceptors (Lipinski definition) is 2. The van der Waals surface area contributed by atoms with E-state index < -0.39 is 6.23 Å². The van der Waals surface area contributed by atoms with Crippen LogP contribution in [0.5, 0.6) is 0 Å². The molecule has 130 valence electrons. The number of carbonyl (C=O) groups excluding carboxylic acids is 1. The van der Waals surface area contributed by atoms with Gasteiger partial charge in [0.1, 0.15) is 5.76 Å². The minimum atomic E-state index is -0.424. The summed E-state index contributed by atoms with van der Waals surface area (Å²) >= 11 is 5.88. The first-order valence-electron chi connectivity index (χ1n) is 8.44. The summed E-state index contributed by atoms with van der Waals surface area (Å²) in [6.45, 7) is 4.39. The van der Waals surface area contributed by atoms with Crippen LogP contribution < -0.4 is 0 Å². The van der Waals surface area contributed by atoms with Gasteiger partial charge in [0, 0.05) is 18.0 Å². The average molecular weight is 356 g/mol. The van der Waals surface area contributed by atoms with Gasteiger partial charge in [-0.3, -0.25) is 9.69 Å². The molecule has 1 heterocycles. The molecule has 0 fully saturated rings. The van der Waals surface area contributed by atoms with Gasteiger partial charge in [-0.05, 0) is 25.8 Å². The fourth-order valence-corrected chi connectivity index (χ4v) is 3.21. The third-order valence-corrected chi connectivity index (χ3v) is 4.61. The maximum atomic E-state index is 13.1. The SMILES string of the molecule is CC1=C(CCCl)C(=O)N(Cc2ccccc2)C(c2ccc(C)cc2)O1. The Balaban J connectivity index is 1.98. The molecule has 3 nitrogen and oxygen atoms in total. The number of nitrogens with zero attached hydrogens (tertiary/aromatic N) is 1. The van der Waals surface area contributed by atoms with Crippen LogP contribution >= 0.6 is 11.6 Å². The van der Waals surface area contributed by atoms with Gasteiger partial charge >= 0.3 is 0 Å². The second kappa shape index (κ2) is 7.75. The molecule has 1 aliphatic rings. The Labute approximate surface area is 153 Å². The lowest BCUT2D eigenvalue weighted by Gasteiger charge is -2.37. The molecule has 0 bridgehead atoms. The predicted molar refractivity (Wildman–Crippen MR) is 100 cm³/mol. The van der Waals surface area contributed by atoms with E-state index in [4.69, 9.17) is 16.3 Å². The van der Waals surface area contributed by atoms with Gasteiger partial charge in [0.25, 0.3) is 5.91 Å². The van der Waals surface area contributed by atoms with E-state index in [0.717, 1.165) is 11.1 Å².